The Morgan fingerprint density at radius 1 is 0.938 bits per heavy atom. The van der Waals surface area contributed by atoms with Gasteiger partial charge in [-0.3, -0.25) is 0 Å². The lowest BCUT2D eigenvalue weighted by Gasteiger charge is -2.22. The fraction of sp³-hybridized carbons (Fsp3) is 0.600. The SMILES string of the molecule is CC.CC.Cc1ccc(C(C)(C)CO)cc1. The van der Waals surface area contributed by atoms with Crippen LogP contribution < -0.4 is 0 Å². The summed E-state index contributed by atoms with van der Waals surface area (Å²) in [4.78, 5) is 0. The Kier molecular flexibility index (Phi) is 10.3. The predicted octanol–water partition coefficient (Wildman–Crippen LogP) is 4.32. The highest BCUT2D eigenvalue weighted by Crippen LogP contribution is 2.22. The molecule has 0 atom stereocenters. The first-order valence-electron chi connectivity index (χ1n) is 6.24. The largest absolute Gasteiger partial charge is 0.395 e. The Balaban J connectivity index is 0. The van der Waals surface area contributed by atoms with Crippen molar-refractivity contribution >= 4 is 0 Å². The standard InChI is InChI=1S/C11H16O.2C2H6/c1-9-4-6-10(7-5-9)11(2,3)8-12;2*1-2/h4-7,12H,8H2,1-3H3;2*1-2H3. The molecule has 1 heteroatoms. The van der Waals surface area contributed by atoms with E-state index in [9.17, 15) is 0 Å². The Morgan fingerprint density at radius 3 is 1.62 bits per heavy atom. The van der Waals surface area contributed by atoms with Crippen molar-refractivity contribution in [2.24, 2.45) is 0 Å². The molecule has 0 saturated carbocycles. The summed E-state index contributed by atoms with van der Waals surface area (Å²) in [7, 11) is 0. The summed E-state index contributed by atoms with van der Waals surface area (Å²) >= 11 is 0. The van der Waals surface area contributed by atoms with Crippen molar-refractivity contribution in [3.05, 3.63) is 35.4 Å². The molecule has 0 unspecified atom stereocenters. The van der Waals surface area contributed by atoms with Gasteiger partial charge in [0.15, 0.2) is 0 Å². The van der Waals surface area contributed by atoms with Crippen LogP contribution in [0.5, 0.6) is 0 Å². The molecule has 0 radical (unpaired) electrons. The van der Waals surface area contributed by atoms with Crippen LogP contribution in [0, 0.1) is 6.92 Å². The quantitative estimate of drug-likeness (QED) is 0.793. The average Bonchev–Trinajstić information content (AvgIpc) is 2.35. The van der Waals surface area contributed by atoms with Gasteiger partial charge in [-0.15, -0.1) is 0 Å². The van der Waals surface area contributed by atoms with E-state index < -0.39 is 0 Å². The highest BCUT2D eigenvalue weighted by molar-refractivity contribution is 5.27. The molecule has 0 saturated heterocycles. The third kappa shape index (κ3) is 5.92. The van der Waals surface area contributed by atoms with E-state index in [0.29, 0.717) is 0 Å². The van der Waals surface area contributed by atoms with Gasteiger partial charge in [-0.2, -0.15) is 0 Å². The second kappa shape index (κ2) is 9.41. The van der Waals surface area contributed by atoms with Crippen molar-refractivity contribution < 1.29 is 5.11 Å². The second-order valence-corrected chi connectivity index (χ2v) is 3.91. The molecule has 1 aromatic carbocycles. The Hall–Kier alpha value is -0.820. The van der Waals surface area contributed by atoms with Gasteiger partial charge in [0.25, 0.3) is 0 Å². The van der Waals surface area contributed by atoms with E-state index in [-0.39, 0.29) is 12.0 Å². The number of benzene rings is 1. The fourth-order valence-electron chi connectivity index (χ4n) is 1.10. The first-order valence-corrected chi connectivity index (χ1v) is 6.24. The van der Waals surface area contributed by atoms with E-state index >= 15 is 0 Å². The molecule has 0 aliphatic heterocycles. The van der Waals surface area contributed by atoms with Crippen LogP contribution in [0.4, 0.5) is 0 Å². The fourth-order valence-corrected chi connectivity index (χ4v) is 1.10. The van der Waals surface area contributed by atoms with Gasteiger partial charge in [0.05, 0.1) is 6.61 Å². The Labute approximate surface area is 102 Å². The van der Waals surface area contributed by atoms with Crippen LogP contribution in [-0.2, 0) is 5.41 Å². The average molecular weight is 224 g/mol. The molecule has 0 heterocycles. The first-order chi connectivity index (χ1) is 7.56. The highest BCUT2D eigenvalue weighted by atomic mass is 16.3. The minimum Gasteiger partial charge on any atom is -0.395 e. The van der Waals surface area contributed by atoms with E-state index in [1.165, 1.54) is 11.1 Å². The summed E-state index contributed by atoms with van der Waals surface area (Å²) in [6.45, 7) is 14.3. The van der Waals surface area contributed by atoms with Crippen molar-refractivity contribution in [1.29, 1.82) is 0 Å². The maximum Gasteiger partial charge on any atom is 0.0522 e. The summed E-state index contributed by atoms with van der Waals surface area (Å²) in [5.74, 6) is 0. The molecular formula is C15H28O. The van der Waals surface area contributed by atoms with E-state index in [4.69, 9.17) is 5.11 Å². The van der Waals surface area contributed by atoms with Crippen LogP contribution in [0.15, 0.2) is 24.3 Å². The molecule has 94 valence electrons. The summed E-state index contributed by atoms with van der Waals surface area (Å²) in [6, 6.07) is 8.30. The molecular weight excluding hydrogens is 196 g/mol. The lowest BCUT2D eigenvalue weighted by atomic mass is 9.85. The van der Waals surface area contributed by atoms with Gasteiger partial charge in [0, 0.05) is 5.41 Å². The number of hydrogen-bond acceptors (Lipinski definition) is 1. The number of aryl methyl sites for hydroxylation is 1. The molecule has 0 aliphatic rings. The summed E-state index contributed by atoms with van der Waals surface area (Å²) < 4.78 is 0. The van der Waals surface area contributed by atoms with Crippen molar-refractivity contribution in [2.75, 3.05) is 6.61 Å². The molecule has 0 aliphatic carbocycles. The van der Waals surface area contributed by atoms with Gasteiger partial charge in [-0.1, -0.05) is 71.4 Å². The molecule has 0 spiro atoms. The topological polar surface area (TPSA) is 20.2 Å². The summed E-state index contributed by atoms with van der Waals surface area (Å²) in [5.41, 5.74) is 2.33. The lowest BCUT2D eigenvalue weighted by Crippen LogP contribution is -2.21. The summed E-state index contributed by atoms with van der Waals surface area (Å²) in [5, 5.41) is 9.12. The van der Waals surface area contributed by atoms with E-state index in [1.54, 1.807) is 0 Å². The molecule has 1 N–H and O–H groups in total. The zero-order chi connectivity index (χ0) is 13.2. The normalized spacial score (nSPS) is 9.50. The minimum atomic E-state index is -0.117. The number of rotatable bonds is 2. The van der Waals surface area contributed by atoms with Gasteiger partial charge < -0.3 is 5.11 Å². The van der Waals surface area contributed by atoms with Crippen molar-refractivity contribution in [3.8, 4) is 0 Å². The Morgan fingerprint density at radius 2 is 1.31 bits per heavy atom. The molecule has 0 fully saturated rings. The zero-order valence-electron chi connectivity index (χ0n) is 12.0. The van der Waals surface area contributed by atoms with Crippen molar-refractivity contribution in [3.63, 3.8) is 0 Å². The van der Waals surface area contributed by atoms with E-state index in [2.05, 4.69) is 31.2 Å². The third-order valence-corrected chi connectivity index (χ3v) is 2.23. The first kappa shape index (κ1) is 17.6. The Bertz CT molecular complexity index is 247. The van der Waals surface area contributed by atoms with Crippen LogP contribution in [0.1, 0.15) is 52.7 Å². The van der Waals surface area contributed by atoms with E-state index in [0.717, 1.165) is 0 Å². The van der Waals surface area contributed by atoms with Gasteiger partial charge in [0.1, 0.15) is 0 Å². The van der Waals surface area contributed by atoms with E-state index in [1.807, 2.05) is 41.5 Å². The van der Waals surface area contributed by atoms with Crippen LogP contribution in [0.3, 0.4) is 0 Å². The predicted molar refractivity (Wildman–Crippen MR) is 74.0 cm³/mol. The van der Waals surface area contributed by atoms with Crippen LogP contribution in [0.25, 0.3) is 0 Å². The maximum atomic E-state index is 9.12. The molecule has 1 nitrogen and oxygen atoms in total. The van der Waals surface area contributed by atoms with Crippen LogP contribution >= 0.6 is 0 Å². The van der Waals surface area contributed by atoms with Crippen molar-refractivity contribution in [2.45, 2.75) is 53.9 Å². The molecule has 1 rings (SSSR count). The van der Waals surface area contributed by atoms with Gasteiger partial charge in [0.2, 0.25) is 0 Å². The number of aliphatic hydroxyl groups is 1. The number of aliphatic hydroxyl groups excluding tert-OH is 1. The molecule has 0 aromatic heterocycles. The molecule has 1 aromatic rings. The van der Waals surface area contributed by atoms with Gasteiger partial charge in [-0.05, 0) is 12.5 Å². The monoisotopic (exact) mass is 224 g/mol. The van der Waals surface area contributed by atoms with Crippen LogP contribution in [0.2, 0.25) is 0 Å². The molecule has 0 amide bonds. The third-order valence-electron chi connectivity index (χ3n) is 2.23. The smallest absolute Gasteiger partial charge is 0.0522 e. The van der Waals surface area contributed by atoms with Crippen molar-refractivity contribution in [1.82, 2.24) is 0 Å². The van der Waals surface area contributed by atoms with Crippen LogP contribution in [-0.4, -0.2) is 11.7 Å². The number of hydrogen-bond donors (Lipinski definition) is 1. The lowest BCUT2D eigenvalue weighted by molar-refractivity contribution is 0.218. The minimum absolute atomic E-state index is 0.117. The second-order valence-electron chi connectivity index (χ2n) is 3.91. The highest BCUT2D eigenvalue weighted by Gasteiger charge is 2.18. The molecule has 0 bridgehead atoms. The van der Waals surface area contributed by atoms with Gasteiger partial charge in [-0.25, -0.2) is 0 Å². The summed E-state index contributed by atoms with van der Waals surface area (Å²) in [6.07, 6.45) is 0. The maximum absolute atomic E-state index is 9.12. The molecule has 16 heavy (non-hydrogen) atoms. The zero-order valence-corrected chi connectivity index (χ0v) is 12.0. The van der Waals surface area contributed by atoms with Gasteiger partial charge >= 0.3 is 0 Å².